The summed E-state index contributed by atoms with van der Waals surface area (Å²) in [7, 11) is 0. The zero-order valence-electron chi connectivity index (χ0n) is 20.6. The Labute approximate surface area is 210 Å². The van der Waals surface area contributed by atoms with Crippen molar-refractivity contribution in [2.45, 2.75) is 46.1 Å². The van der Waals surface area contributed by atoms with E-state index in [0.29, 0.717) is 27.7 Å². The van der Waals surface area contributed by atoms with Crippen LogP contribution in [0.2, 0.25) is 0 Å². The molecule has 3 heterocycles. The summed E-state index contributed by atoms with van der Waals surface area (Å²) in [5, 5.41) is 24.4. The number of hydrogen-bond donors (Lipinski definition) is 4. The first-order valence-electron chi connectivity index (χ1n) is 11.9. The number of amides is 1. The number of rotatable bonds is 7. The lowest BCUT2D eigenvalue weighted by Crippen LogP contribution is -2.42. The fourth-order valence-electron chi connectivity index (χ4n) is 4.87. The molecule has 0 bridgehead atoms. The van der Waals surface area contributed by atoms with Gasteiger partial charge in [-0.1, -0.05) is 0 Å². The van der Waals surface area contributed by atoms with Gasteiger partial charge < -0.3 is 29.3 Å². The second-order valence-corrected chi connectivity index (χ2v) is 9.37. The lowest BCUT2D eigenvalue weighted by molar-refractivity contribution is -0.141. The standard InChI is InChI=1S/C28H26N2O7/c1-13-12-36-25-15(3)26-20(10-19(13)25)14(2)18(28(35)37-26)5-7-24(32)30-23(27(33)34)8-16-11-29-22-6-4-17(31)9-21(16)22/h4,6,9-12,23,29,31H,5,7-8H2,1-3H3,(H,30,32)(H,33,34)/t23-/m1/s1. The van der Waals surface area contributed by atoms with E-state index < -0.39 is 23.5 Å². The molecule has 0 aliphatic rings. The highest BCUT2D eigenvalue weighted by molar-refractivity contribution is 5.99. The van der Waals surface area contributed by atoms with Gasteiger partial charge in [0.25, 0.3) is 0 Å². The van der Waals surface area contributed by atoms with Crippen molar-refractivity contribution in [2.75, 3.05) is 0 Å². The third-order valence-electron chi connectivity index (χ3n) is 6.95. The van der Waals surface area contributed by atoms with Crippen LogP contribution in [0.1, 0.15) is 34.2 Å². The van der Waals surface area contributed by atoms with Gasteiger partial charge in [0.05, 0.1) is 6.26 Å². The number of furan rings is 1. The number of carboxylic acid groups (broad SMARTS) is 1. The summed E-state index contributed by atoms with van der Waals surface area (Å²) in [4.78, 5) is 40.5. The zero-order valence-corrected chi connectivity index (χ0v) is 20.6. The number of carboxylic acids is 1. The molecule has 0 aliphatic carbocycles. The third-order valence-corrected chi connectivity index (χ3v) is 6.95. The van der Waals surface area contributed by atoms with Gasteiger partial charge in [0.1, 0.15) is 23.0 Å². The summed E-state index contributed by atoms with van der Waals surface area (Å²) in [5.41, 5.74) is 4.80. The van der Waals surface area contributed by atoms with Crippen LogP contribution in [0, 0.1) is 20.8 Å². The maximum atomic E-state index is 12.8. The minimum Gasteiger partial charge on any atom is -0.508 e. The normalized spacial score (nSPS) is 12.4. The van der Waals surface area contributed by atoms with Gasteiger partial charge in [-0.3, -0.25) is 4.79 Å². The fourth-order valence-corrected chi connectivity index (χ4v) is 4.87. The highest BCUT2D eigenvalue weighted by atomic mass is 16.4. The number of aliphatic carboxylic acids is 1. The molecule has 1 atom stereocenters. The second kappa shape index (κ2) is 9.16. The smallest absolute Gasteiger partial charge is 0.339 e. The van der Waals surface area contributed by atoms with Gasteiger partial charge in [0, 0.05) is 51.8 Å². The van der Waals surface area contributed by atoms with E-state index in [1.54, 1.807) is 24.6 Å². The van der Waals surface area contributed by atoms with Crippen LogP contribution >= 0.6 is 0 Å². The van der Waals surface area contributed by atoms with Crippen LogP contribution in [0.3, 0.4) is 0 Å². The number of nitrogens with one attached hydrogen (secondary N) is 2. The van der Waals surface area contributed by atoms with Crippen LogP contribution < -0.4 is 10.9 Å². The average Bonchev–Trinajstić information content (AvgIpc) is 3.42. The first kappa shape index (κ1) is 24.2. The van der Waals surface area contributed by atoms with E-state index in [9.17, 15) is 24.6 Å². The molecule has 1 amide bonds. The number of hydrogen-bond acceptors (Lipinski definition) is 6. The van der Waals surface area contributed by atoms with E-state index in [4.69, 9.17) is 8.83 Å². The average molecular weight is 503 g/mol. The number of carbonyl (C=O) groups excluding carboxylic acids is 1. The van der Waals surface area contributed by atoms with E-state index in [-0.39, 0.29) is 25.0 Å². The minimum absolute atomic E-state index is 0.0288. The van der Waals surface area contributed by atoms with E-state index in [0.717, 1.165) is 33.0 Å². The van der Waals surface area contributed by atoms with Crippen LogP contribution in [-0.2, 0) is 22.4 Å². The Bertz CT molecular complexity index is 1760. The minimum atomic E-state index is -1.18. The Morgan fingerprint density at radius 1 is 1.05 bits per heavy atom. The zero-order chi connectivity index (χ0) is 26.4. The molecule has 5 aromatic rings. The van der Waals surface area contributed by atoms with Gasteiger partial charge in [0.2, 0.25) is 5.91 Å². The first-order chi connectivity index (χ1) is 17.6. The maximum Gasteiger partial charge on any atom is 0.339 e. The molecule has 37 heavy (non-hydrogen) atoms. The molecule has 4 N–H and O–H groups in total. The van der Waals surface area contributed by atoms with Crippen molar-refractivity contribution in [3.8, 4) is 5.75 Å². The Kier molecular flexibility index (Phi) is 5.99. The summed E-state index contributed by atoms with van der Waals surface area (Å²) in [6.07, 6.45) is 3.37. The number of aromatic nitrogens is 1. The van der Waals surface area contributed by atoms with E-state index in [2.05, 4.69) is 10.3 Å². The van der Waals surface area contributed by atoms with Crippen molar-refractivity contribution in [3.05, 3.63) is 75.0 Å². The number of benzene rings is 2. The molecule has 0 saturated carbocycles. The van der Waals surface area contributed by atoms with Gasteiger partial charge in [0.15, 0.2) is 0 Å². The predicted octanol–water partition coefficient (Wildman–Crippen LogP) is 4.40. The molecule has 190 valence electrons. The van der Waals surface area contributed by atoms with E-state index in [1.807, 2.05) is 26.8 Å². The molecule has 0 saturated heterocycles. The van der Waals surface area contributed by atoms with Crippen molar-refractivity contribution >= 4 is 44.7 Å². The summed E-state index contributed by atoms with van der Waals surface area (Å²) in [6.45, 7) is 5.60. The maximum absolute atomic E-state index is 12.8. The van der Waals surface area contributed by atoms with E-state index >= 15 is 0 Å². The molecule has 0 fully saturated rings. The first-order valence-corrected chi connectivity index (χ1v) is 11.9. The van der Waals surface area contributed by atoms with Gasteiger partial charge in [-0.05, 0) is 68.1 Å². The summed E-state index contributed by atoms with van der Waals surface area (Å²) < 4.78 is 11.3. The van der Waals surface area contributed by atoms with Gasteiger partial charge >= 0.3 is 11.6 Å². The molecule has 3 aromatic heterocycles. The predicted molar refractivity (Wildman–Crippen MR) is 138 cm³/mol. The number of fused-ring (bicyclic) bond motifs is 3. The van der Waals surface area contributed by atoms with Gasteiger partial charge in [-0.15, -0.1) is 0 Å². The van der Waals surface area contributed by atoms with Gasteiger partial charge in [-0.25, -0.2) is 9.59 Å². The van der Waals surface area contributed by atoms with Crippen molar-refractivity contribution in [3.63, 3.8) is 0 Å². The summed E-state index contributed by atoms with van der Waals surface area (Å²) in [6, 6.07) is 5.52. The summed E-state index contributed by atoms with van der Waals surface area (Å²) in [5.74, 6) is -1.61. The highest BCUT2D eigenvalue weighted by Gasteiger charge is 2.23. The van der Waals surface area contributed by atoms with Crippen LogP contribution in [0.4, 0.5) is 0 Å². The topological polar surface area (TPSA) is 146 Å². The number of aromatic hydroxyl groups is 1. The molecule has 2 aromatic carbocycles. The monoisotopic (exact) mass is 502 g/mol. The number of aryl methyl sites for hydroxylation is 3. The number of phenolic OH excluding ortho intramolecular Hbond substituents is 1. The molecular formula is C28H26N2O7. The van der Waals surface area contributed by atoms with Crippen molar-refractivity contribution in [1.82, 2.24) is 10.3 Å². The van der Waals surface area contributed by atoms with Crippen LogP contribution in [0.5, 0.6) is 5.75 Å². The molecule has 9 nitrogen and oxygen atoms in total. The SMILES string of the molecule is Cc1coc2c(C)c3oc(=O)c(CCC(=O)N[C@H](Cc4c[nH]c5ccc(O)cc45)C(=O)O)c(C)c3cc12. The molecule has 5 rings (SSSR count). The fraction of sp³-hybridized carbons (Fsp3) is 0.250. The molecule has 9 heteroatoms. The van der Waals surface area contributed by atoms with Crippen molar-refractivity contribution < 1.29 is 28.6 Å². The Morgan fingerprint density at radius 3 is 2.59 bits per heavy atom. The Morgan fingerprint density at radius 2 is 1.84 bits per heavy atom. The van der Waals surface area contributed by atoms with Crippen LogP contribution in [-0.4, -0.2) is 33.1 Å². The molecule has 0 spiro atoms. The molecule has 0 unspecified atom stereocenters. The highest BCUT2D eigenvalue weighted by Crippen LogP contribution is 2.32. The molecular weight excluding hydrogens is 476 g/mol. The van der Waals surface area contributed by atoms with Crippen LogP contribution in [0.25, 0.3) is 32.8 Å². The number of H-pyrrole nitrogens is 1. The number of aromatic amines is 1. The lowest BCUT2D eigenvalue weighted by Gasteiger charge is -2.15. The second-order valence-electron chi connectivity index (χ2n) is 9.37. The quantitative estimate of drug-likeness (QED) is 0.241. The van der Waals surface area contributed by atoms with E-state index in [1.165, 1.54) is 6.07 Å². The van der Waals surface area contributed by atoms with Crippen LogP contribution in [0.15, 0.2) is 50.4 Å². The van der Waals surface area contributed by atoms with Crippen molar-refractivity contribution in [1.29, 1.82) is 0 Å². The summed E-state index contributed by atoms with van der Waals surface area (Å²) >= 11 is 0. The van der Waals surface area contributed by atoms with Crippen molar-refractivity contribution in [2.24, 2.45) is 0 Å². The Balaban J connectivity index is 1.35. The number of phenols is 1. The molecule has 0 radical (unpaired) electrons. The number of carbonyl (C=O) groups is 2. The lowest BCUT2D eigenvalue weighted by atomic mass is 9.98. The molecule has 0 aliphatic heterocycles. The Hall–Kier alpha value is -4.53. The third kappa shape index (κ3) is 4.33. The van der Waals surface area contributed by atoms with Gasteiger partial charge in [-0.2, -0.15) is 0 Å². The largest absolute Gasteiger partial charge is 0.508 e.